The Morgan fingerprint density at radius 1 is 1.16 bits per heavy atom. The maximum Gasteiger partial charge on any atom is 0.355 e. The molecule has 0 spiro atoms. The highest BCUT2D eigenvalue weighted by Crippen LogP contribution is 2.36. The molecule has 2 heterocycles. The van der Waals surface area contributed by atoms with Gasteiger partial charge < -0.3 is 10.1 Å². The molecule has 1 atom stereocenters. The van der Waals surface area contributed by atoms with Crippen molar-refractivity contribution in [2.45, 2.75) is 6.04 Å². The van der Waals surface area contributed by atoms with Crippen LogP contribution in [0.4, 0.5) is 16.0 Å². The number of rotatable bonds is 5. The van der Waals surface area contributed by atoms with E-state index in [4.69, 9.17) is 4.74 Å². The topological polar surface area (TPSA) is 142 Å². The molecule has 0 radical (unpaired) electrons. The lowest BCUT2D eigenvalue weighted by atomic mass is 9.89. The van der Waals surface area contributed by atoms with Crippen molar-refractivity contribution < 1.29 is 23.6 Å². The second-order valence-electron chi connectivity index (χ2n) is 6.44. The number of anilines is 1. The van der Waals surface area contributed by atoms with Gasteiger partial charge in [0.05, 0.1) is 17.6 Å². The number of benzene rings is 2. The maximum atomic E-state index is 13.5. The molecule has 1 aliphatic rings. The number of fused-ring (bicyclic) bond motifs is 1. The van der Waals surface area contributed by atoms with Crippen molar-refractivity contribution in [3.63, 3.8) is 0 Å². The summed E-state index contributed by atoms with van der Waals surface area (Å²) in [6.45, 7) is 0. The van der Waals surface area contributed by atoms with E-state index in [2.05, 4.69) is 20.8 Å². The van der Waals surface area contributed by atoms with Crippen LogP contribution in [0.25, 0.3) is 0 Å². The molecule has 4 rings (SSSR count). The molecule has 3 aromatic rings. The van der Waals surface area contributed by atoms with Crippen molar-refractivity contribution >= 4 is 23.4 Å². The van der Waals surface area contributed by atoms with Crippen LogP contribution >= 0.6 is 0 Å². The maximum absolute atomic E-state index is 13.5. The van der Waals surface area contributed by atoms with E-state index in [-0.39, 0.29) is 28.5 Å². The van der Waals surface area contributed by atoms with E-state index in [0.29, 0.717) is 5.56 Å². The smallest absolute Gasteiger partial charge is 0.355 e. The first-order valence-electron chi connectivity index (χ1n) is 8.82. The van der Waals surface area contributed by atoms with Gasteiger partial charge in [-0.15, -0.1) is 0 Å². The summed E-state index contributed by atoms with van der Waals surface area (Å²) in [7, 11) is 1.15. The molecule has 0 bridgehead atoms. The van der Waals surface area contributed by atoms with E-state index >= 15 is 0 Å². The van der Waals surface area contributed by atoms with Gasteiger partial charge in [0, 0.05) is 17.7 Å². The first-order valence-corrected chi connectivity index (χ1v) is 8.82. The molecule has 0 saturated heterocycles. The van der Waals surface area contributed by atoms with Crippen LogP contribution in [0.3, 0.4) is 0 Å². The average molecular weight is 424 g/mol. The number of allylic oxidation sites excluding steroid dienone is 1. The highest BCUT2D eigenvalue weighted by atomic mass is 19.1. The summed E-state index contributed by atoms with van der Waals surface area (Å²) in [6.07, 6.45) is 0. The Bertz CT molecular complexity index is 1220. The Balaban J connectivity index is 1.90. The number of esters is 1. The number of halogens is 1. The van der Waals surface area contributed by atoms with Gasteiger partial charge >= 0.3 is 5.97 Å². The minimum absolute atomic E-state index is 0.0629. The Morgan fingerprint density at radius 2 is 1.84 bits per heavy atom. The molecule has 1 aromatic heterocycles. The number of methoxy groups -OCH3 is 1. The normalized spacial score (nSPS) is 15.1. The summed E-state index contributed by atoms with van der Waals surface area (Å²) >= 11 is 0. The van der Waals surface area contributed by atoms with Gasteiger partial charge in [-0.05, 0) is 40.3 Å². The van der Waals surface area contributed by atoms with Crippen LogP contribution in [-0.2, 0) is 9.53 Å². The number of nitro benzene ring substituents is 1. The number of nitrogens with one attached hydrogen (secondary N) is 1. The molecule has 156 valence electrons. The number of ether oxygens (including phenoxy) is 1. The van der Waals surface area contributed by atoms with Crippen molar-refractivity contribution in [1.82, 2.24) is 20.2 Å². The van der Waals surface area contributed by atoms with Gasteiger partial charge in [0.25, 0.3) is 5.69 Å². The van der Waals surface area contributed by atoms with E-state index in [9.17, 15) is 24.1 Å². The molecular weight excluding hydrogens is 411 g/mol. The van der Waals surface area contributed by atoms with E-state index in [1.54, 1.807) is 0 Å². The summed E-state index contributed by atoms with van der Waals surface area (Å²) < 4.78 is 19.6. The molecule has 1 aliphatic heterocycles. The zero-order valence-corrected chi connectivity index (χ0v) is 15.9. The van der Waals surface area contributed by atoms with Crippen LogP contribution in [0, 0.1) is 15.9 Å². The number of carbonyl (C=O) groups is 2. The molecule has 0 fully saturated rings. The highest BCUT2D eigenvalue weighted by Gasteiger charge is 2.38. The Labute approximate surface area is 173 Å². The van der Waals surface area contributed by atoms with Crippen LogP contribution in [0.2, 0.25) is 0 Å². The fourth-order valence-corrected chi connectivity index (χ4v) is 3.23. The third-order valence-corrected chi connectivity index (χ3v) is 4.68. The zero-order valence-electron chi connectivity index (χ0n) is 15.9. The molecule has 0 unspecified atom stereocenters. The summed E-state index contributed by atoms with van der Waals surface area (Å²) in [6, 6.07) is 9.21. The molecule has 0 aliphatic carbocycles. The van der Waals surface area contributed by atoms with E-state index in [1.165, 1.54) is 53.2 Å². The summed E-state index contributed by atoms with van der Waals surface area (Å²) in [4.78, 5) is 36.3. The molecule has 31 heavy (non-hydrogen) atoms. The molecular formula is C19H13FN6O5. The average Bonchev–Trinajstić information content (AvgIpc) is 3.26. The quantitative estimate of drug-likeness (QED) is 0.282. The lowest BCUT2D eigenvalue weighted by Gasteiger charge is -2.28. The van der Waals surface area contributed by atoms with Crippen molar-refractivity contribution in [3.05, 3.63) is 86.9 Å². The fourth-order valence-electron chi connectivity index (χ4n) is 3.23. The predicted octanol–water partition coefficient (Wildman–Crippen LogP) is 2.05. The highest BCUT2D eigenvalue weighted by molar-refractivity contribution is 6.15. The first-order chi connectivity index (χ1) is 14.9. The number of hydrogen-bond acceptors (Lipinski definition) is 9. The third-order valence-electron chi connectivity index (χ3n) is 4.68. The third kappa shape index (κ3) is 3.50. The fraction of sp³-hybridized carbons (Fsp3) is 0.105. The number of nitrogens with zero attached hydrogens (tertiary/aromatic N) is 5. The molecule has 0 amide bonds. The Kier molecular flexibility index (Phi) is 4.95. The van der Waals surface area contributed by atoms with Crippen LogP contribution in [-0.4, -0.2) is 44.0 Å². The van der Waals surface area contributed by atoms with Crippen LogP contribution in [0.1, 0.15) is 22.0 Å². The standard InChI is InChI=1S/C19H13FN6O5/c1-31-18(28)15-14(17(27)11-4-8-13(9-5-11)26(29)30)16(10-2-6-12(20)7-3-10)25-19(21-15)22-23-24-25/h2-9,16H,1H3,(H,21,22,24)/t16-/m1/s1. The van der Waals surface area contributed by atoms with Gasteiger partial charge in [-0.25, -0.2) is 9.18 Å². The number of hydrogen-bond donors (Lipinski definition) is 1. The largest absolute Gasteiger partial charge is 0.464 e. The number of non-ortho nitro benzene ring substituents is 1. The molecule has 2 aromatic carbocycles. The van der Waals surface area contributed by atoms with Gasteiger partial charge in [0.15, 0.2) is 5.78 Å². The van der Waals surface area contributed by atoms with Gasteiger partial charge in [-0.3, -0.25) is 14.9 Å². The number of ketones is 1. The minimum atomic E-state index is -0.983. The SMILES string of the molecule is COC(=O)C1=C(C(=O)c2ccc([N+](=O)[O-])cc2)[C@@H](c2ccc(F)cc2)n2nnnc2N1. The zero-order chi connectivity index (χ0) is 22.1. The van der Waals surface area contributed by atoms with E-state index in [0.717, 1.165) is 7.11 Å². The molecule has 1 N–H and O–H groups in total. The number of aromatic nitrogens is 4. The molecule has 11 nitrogen and oxygen atoms in total. The lowest BCUT2D eigenvalue weighted by molar-refractivity contribution is -0.384. The van der Waals surface area contributed by atoms with E-state index in [1.807, 2.05) is 0 Å². The second-order valence-corrected chi connectivity index (χ2v) is 6.44. The van der Waals surface area contributed by atoms with Crippen molar-refractivity contribution in [2.75, 3.05) is 12.4 Å². The Morgan fingerprint density at radius 3 is 2.45 bits per heavy atom. The van der Waals surface area contributed by atoms with Gasteiger partial charge in [0.2, 0.25) is 5.95 Å². The second kappa shape index (κ2) is 7.74. The first kappa shape index (κ1) is 19.8. The summed E-state index contributed by atoms with van der Waals surface area (Å²) in [5.74, 6) is -1.87. The summed E-state index contributed by atoms with van der Waals surface area (Å²) in [5.41, 5.74) is 0.0727. The van der Waals surface area contributed by atoms with E-state index < -0.39 is 28.5 Å². The predicted molar refractivity (Wildman–Crippen MR) is 102 cm³/mol. The molecule has 0 saturated carbocycles. The van der Waals surface area contributed by atoms with Crippen molar-refractivity contribution in [1.29, 1.82) is 0 Å². The van der Waals surface area contributed by atoms with Gasteiger partial charge in [-0.1, -0.05) is 17.2 Å². The number of carbonyl (C=O) groups excluding carboxylic acids is 2. The minimum Gasteiger partial charge on any atom is -0.464 e. The van der Waals surface area contributed by atoms with Gasteiger partial charge in [0.1, 0.15) is 17.6 Å². The summed E-state index contributed by atoms with van der Waals surface area (Å²) in [5, 5.41) is 24.9. The van der Waals surface area contributed by atoms with Crippen LogP contribution < -0.4 is 5.32 Å². The number of nitro groups is 1. The lowest BCUT2D eigenvalue weighted by Crippen LogP contribution is -2.33. The van der Waals surface area contributed by atoms with Crippen molar-refractivity contribution in [2.24, 2.45) is 0 Å². The molecule has 12 heteroatoms. The van der Waals surface area contributed by atoms with Crippen molar-refractivity contribution in [3.8, 4) is 0 Å². The monoisotopic (exact) mass is 424 g/mol. The number of tetrazole rings is 1. The Hall–Kier alpha value is -4.48. The van der Waals surface area contributed by atoms with Crippen LogP contribution in [0.5, 0.6) is 0 Å². The number of Topliss-reactive ketones (excluding diaryl/α,β-unsaturated/α-hetero) is 1. The van der Waals surface area contributed by atoms with Crippen LogP contribution in [0.15, 0.2) is 59.8 Å². The van der Waals surface area contributed by atoms with Gasteiger partial charge in [-0.2, -0.15) is 4.68 Å².